The van der Waals surface area contributed by atoms with Crippen molar-refractivity contribution in [2.24, 2.45) is 10.7 Å². The highest BCUT2D eigenvalue weighted by Crippen LogP contribution is 2.33. The molecule has 0 fully saturated rings. The standard InChI is InChI=1S/C12H8N2O/c13-12(15)10-6-14-11-8-4-2-1-3-7(8)5-9(10)11/h1-6H,(H2,13,15). The van der Waals surface area contributed by atoms with E-state index in [1.165, 1.54) is 0 Å². The van der Waals surface area contributed by atoms with E-state index in [-0.39, 0.29) is 0 Å². The molecule has 2 N–H and O–H groups in total. The van der Waals surface area contributed by atoms with Gasteiger partial charge in [-0.3, -0.25) is 9.79 Å². The fraction of sp³-hybridized carbons (Fsp3) is 0. The molecule has 0 aromatic heterocycles. The van der Waals surface area contributed by atoms with Gasteiger partial charge < -0.3 is 5.73 Å². The van der Waals surface area contributed by atoms with Gasteiger partial charge in [0.05, 0.1) is 11.3 Å². The van der Waals surface area contributed by atoms with E-state index in [4.69, 9.17) is 5.73 Å². The second-order valence-electron chi connectivity index (χ2n) is 3.53. The minimum absolute atomic E-state index is 0.423. The lowest BCUT2D eigenvalue weighted by Crippen LogP contribution is -2.15. The Bertz CT molecular complexity index is 565. The zero-order chi connectivity index (χ0) is 10.4. The molecule has 15 heavy (non-hydrogen) atoms. The first-order valence-electron chi connectivity index (χ1n) is 4.67. The van der Waals surface area contributed by atoms with Gasteiger partial charge >= 0.3 is 0 Å². The highest BCUT2D eigenvalue weighted by atomic mass is 16.1. The number of primary amides is 1. The number of rotatable bonds is 1. The molecule has 1 amide bonds. The van der Waals surface area contributed by atoms with Gasteiger partial charge in [-0.15, -0.1) is 0 Å². The van der Waals surface area contributed by atoms with Crippen LogP contribution in [-0.4, -0.2) is 11.6 Å². The molecule has 0 saturated heterocycles. The van der Waals surface area contributed by atoms with E-state index in [1.807, 2.05) is 30.3 Å². The lowest BCUT2D eigenvalue weighted by molar-refractivity contribution is -0.114. The number of amides is 1. The number of fused-ring (bicyclic) bond motifs is 3. The monoisotopic (exact) mass is 196 g/mol. The summed E-state index contributed by atoms with van der Waals surface area (Å²) in [5.41, 5.74) is 9.64. The predicted octanol–water partition coefficient (Wildman–Crippen LogP) is 1.26. The lowest BCUT2D eigenvalue weighted by atomic mass is 10.0. The van der Waals surface area contributed by atoms with Gasteiger partial charge in [-0.1, -0.05) is 24.3 Å². The van der Waals surface area contributed by atoms with Gasteiger partial charge in [0.15, 0.2) is 0 Å². The molecule has 3 heteroatoms. The summed E-state index contributed by atoms with van der Waals surface area (Å²) < 4.78 is 0. The van der Waals surface area contributed by atoms with Gasteiger partial charge in [0.25, 0.3) is 5.91 Å². The van der Waals surface area contributed by atoms with Crippen LogP contribution in [0, 0.1) is 0 Å². The fourth-order valence-corrected chi connectivity index (χ4v) is 1.95. The molecule has 0 spiro atoms. The van der Waals surface area contributed by atoms with Crippen molar-refractivity contribution >= 4 is 17.7 Å². The molecule has 0 saturated carbocycles. The number of carbonyl (C=O) groups is 1. The Balaban J connectivity index is 2.16. The van der Waals surface area contributed by atoms with Crippen molar-refractivity contribution in [2.45, 2.75) is 0 Å². The van der Waals surface area contributed by atoms with Gasteiger partial charge in [-0.05, 0) is 11.6 Å². The Morgan fingerprint density at radius 2 is 2.07 bits per heavy atom. The molecule has 0 unspecified atom stereocenters. The summed E-state index contributed by atoms with van der Waals surface area (Å²) in [6.07, 6.45) is 3.50. The first kappa shape index (κ1) is 8.17. The van der Waals surface area contributed by atoms with Crippen LogP contribution in [0.25, 0.3) is 6.08 Å². The van der Waals surface area contributed by atoms with Crippen molar-refractivity contribution in [2.75, 3.05) is 0 Å². The second kappa shape index (κ2) is 2.67. The topological polar surface area (TPSA) is 55.5 Å². The minimum Gasteiger partial charge on any atom is -0.366 e. The quantitative estimate of drug-likeness (QED) is 0.722. The van der Waals surface area contributed by atoms with Gasteiger partial charge in [-0.2, -0.15) is 0 Å². The van der Waals surface area contributed by atoms with Crippen molar-refractivity contribution in [1.82, 2.24) is 0 Å². The van der Waals surface area contributed by atoms with Crippen molar-refractivity contribution in [3.05, 3.63) is 52.7 Å². The highest BCUT2D eigenvalue weighted by Gasteiger charge is 2.28. The first-order valence-corrected chi connectivity index (χ1v) is 4.67. The number of benzene rings is 1. The molecular formula is C12H8N2O. The van der Waals surface area contributed by atoms with Crippen molar-refractivity contribution in [3.63, 3.8) is 0 Å². The van der Waals surface area contributed by atoms with Crippen LogP contribution in [0.15, 0.2) is 46.6 Å². The maximum absolute atomic E-state index is 11.1. The molecule has 72 valence electrons. The molecule has 3 rings (SSSR count). The van der Waals surface area contributed by atoms with Gasteiger partial charge in [0, 0.05) is 17.3 Å². The highest BCUT2D eigenvalue weighted by molar-refractivity contribution is 6.29. The van der Waals surface area contributed by atoms with E-state index in [2.05, 4.69) is 4.99 Å². The summed E-state index contributed by atoms with van der Waals surface area (Å²) in [5, 5.41) is 0. The van der Waals surface area contributed by atoms with E-state index in [0.717, 1.165) is 22.4 Å². The largest absolute Gasteiger partial charge is 0.366 e. The summed E-state index contributed by atoms with van der Waals surface area (Å²) in [7, 11) is 0. The van der Waals surface area contributed by atoms with Crippen LogP contribution >= 0.6 is 0 Å². The maximum Gasteiger partial charge on any atom is 0.250 e. The third-order valence-electron chi connectivity index (χ3n) is 2.65. The lowest BCUT2D eigenvalue weighted by Gasteiger charge is -1.98. The van der Waals surface area contributed by atoms with Gasteiger partial charge in [0.1, 0.15) is 0 Å². The molecule has 1 aromatic rings. The van der Waals surface area contributed by atoms with Gasteiger partial charge in [-0.25, -0.2) is 0 Å². The molecule has 0 atom stereocenters. The van der Waals surface area contributed by atoms with E-state index in [0.29, 0.717) is 5.57 Å². The Hall–Kier alpha value is -2.16. The predicted molar refractivity (Wildman–Crippen MR) is 58.2 cm³/mol. The molecule has 1 aliphatic heterocycles. The summed E-state index contributed by atoms with van der Waals surface area (Å²) >= 11 is 0. The van der Waals surface area contributed by atoms with E-state index in [1.54, 1.807) is 6.20 Å². The van der Waals surface area contributed by atoms with Crippen molar-refractivity contribution in [3.8, 4) is 0 Å². The summed E-state index contributed by atoms with van der Waals surface area (Å²) in [6.45, 7) is 0. The van der Waals surface area contributed by atoms with Crippen LogP contribution in [0.5, 0.6) is 0 Å². The maximum atomic E-state index is 11.1. The zero-order valence-electron chi connectivity index (χ0n) is 7.90. The van der Waals surface area contributed by atoms with E-state index in [9.17, 15) is 4.79 Å². The SMILES string of the molecule is NC(=O)C1=CN=C2C1=Cc1ccccc12. The van der Waals surface area contributed by atoms with Crippen LogP contribution in [-0.2, 0) is 4.79 Å². The van der Waals surface area contributed by atoms with E-state index < -0.39 is 5.91 Å². The molecule has 0 bridgehead atoms. The molecule has 1 aromatic carbocycles. The molecule has 0 radical (unpaired) electrons. The molecule has 3 nitrogen and oxygen atoms in total. The van der Waals surface area contributed by atoms with Crippen LogP contribution < -0.4 is 5.73 Å². The Morgan fingerprint density at radius 3 is 2.87 bits per heavy atom. The van der Waals surface area contributed by atoms with Gasteiger partial charge in [0.2, 0.25) is 0 Å². The molecule has 2 aliphatic rings. The molecular weight excluding hydrogens is 188 g/mol. The number of hydrogen-bond acceptors (Lipinski definition) is 2. The van der Waals surface area contributed by atoms with Crippen molar-refractivity contribution < 1.29 is 4.79 Å². The van der Waals surface area contributed by atoms with Crippen LogP contribution in [0.1, 0.15) is 11.1 Å². The third-order valence-corrected chi connectivity index (χ3v) is 2.65. The Labute approximate surface area is 86.6 Å². The average Bonchev–Trinajstić information content (AvgIpc) is 2.74. The second-order valence-corrected chi connectivity index (χ2v) is 3.53. The van der Waals surface area contributed by atoms with Crippen LogP contribution in [0.2, 0.25) is 0 Å². The minimum atomic E-state index is -0.423. The smallest absolute Gasteiger partial charge is 0.250 e. The fourth-order valence-electron chi connectivity index (χ4n) is 1.95. The molecule has 1 heterocycles. The normalized spacial score (nSPS) is 16.4. The molecule has 1 aliphatic carbocycles. The zero-order valence-corrected chi connectivity index (χ0v) is 7.90. The summed E-state index contributed by atoms with van der Waals surface area (Å²) in [4.78, 5) is 15.4. The average molecular weight is 196 g/mol. The summed E-state index contributed by atoms with van der Waals surface area (Å²) in [5.74, 6) is -0.423. The van der Waals surface area contributed by atoms with Crippen molar-refractivity contribution in [1.29, 1.82) is 0 Å². The van der Waals surface area contributed by atoms with Crippen LogP contribution in [0.4, 0.5) is 0 Å². The van der Waals surface area contributed by atoms with Crippen LogP contribution in [0.3, 0.4) is 0 Å². The number of aliphatic imine (C=N–C) groups is 1. The third kappa shape index (κ3) is 1.00. The number of nitrogens with zero attached hydrogens (tertiary/aromatic N) is 1. The number of carbonyl (C=O) groups excluding carboxylic acids is 1. The first-order chi connectivity index (χ1) is 7.27. The Kier molecular flexibility index (Phi) is 1.45. The summed E-state index contributed by atoms with van der Waals surface area (Å²) in [6, 6.07) is 7.92. The number of nitrogens with two attached hydrogens (primary N) is 1. The Morgan fingerprint density at radius 1 is 1.27 bits per heavy atom. The number of hydrogen-bond donors (Lipinski definition) is 1. The van der Waals surface area contributed by atoms with E-state index >= 15 is 0 Å².